The van der Waals surface area contributed by atoms with Gasteiger partial charge in [-0.3, -0.25) is 4.98 Å². The molecule has 2 heterocycles. The van der Waals surface area contributed by atoms with E-state index in [0.29, 0.717) is 0 Å². The Kier molecular flexibility index (Phi) is 6.92. The van der Waals surface area contributed by atoms with Crippen LogP contribution in [-0.4, -0.2) is 9.55 Å². The first-order valence-corrected chi connectivity index (χ1v) is 19.1. The van der Waals surface area contributed by atoms with E-state index in [9.17, 15) is 0 Å². The van der Waals surface area contributed by atoms with Crippen molar-refractivity contribution in [2.45, 2.75) is 5.41 Å². The SMILES string of the molecule is Brc1ccc2c(c1)c1cc(N(c3ccncc3)c3cc4c5c(ccc6cccc(c65)C4(c4ccccc4)c4ccccc4)c3)ccc1n2-c1ccccc1. The standard InChI is InChI=1S/C50H32BrN3/c51-37-21-23-46-42(30-37)43-31-40(22-24-47(43)54(46)38-16-8-3-9-17-38)53(39-25-27-52-28-26-39)41-29-34-20-19-33-11-10-18-44-48(33)49(34)45(32-41)50(44,35-12-4-1-5-13-35)36-14-6-2-7-15-36/h1-32H. The molecular formula is C50H32BrN3. The Hall–Kier alpha value is -6.49. The number of rotatable bonds is 6. The molecule has 0 saturated carbocycles. The number of fused-ring (bicyclic) bond motifs is 3. The molecule has 0 N–H and O–H groups in total. The second-order valence-electron chi connectivity index (χ2n) is 14.1. The predicted molar refractivity (Wildman–Crippen MR) is 228 cm³/mol. The van der Waals surface area contributed by atoms with Crippen molar-refractivity contribution in [1.82, 2.24) is 9.55 Å². The van der Waals surface area contributed by atoms with E-state index in [2.05, 4.69) is 212 Å². The molecule has 0 aliphatic heterocycles. The Morgan fingerprint density at radius 1 is 0.463 bits per heavy atom. The maximum Gasteiger partial charge on any atom is 0.0714 e. The smallest absolute Gasteiger partial charge is 0.0714 e. The summed E-state index contributed by atoms with van der Waals surface area (Å²) in [6.07, 6.45) is 3.77. The third-order valence-electron chi connectivity index (χ3n) is 11.3. The molecule has 0 unspecified atom stereocenters. The van der Waals surface area contributed by atoms with Gasteiger partial charge in [0.2, 0.25) is 0 Å². The van der Waals surface area contributed by atoms with Gasteiger partial charge in [0.25, 0.3) is 0 Å². The van der Waals surface area contributed by atoms with E-state index in [1.807, 2.05) is 12.4 Å². The van der Waals surface area contributed by atoms with Crippen LogP contribution in [-0.2, 0) is 5.41 Å². The van der Waals surface area contributed by atoms with Crippen LogP contribution in [0.4, 0.5) is 17.1 Å². The van der Waals surface area contributed by atoms with E-state index in [1.54, 1.807) is 0 Å². The quantitative estimate of drug-likeness (QED) is 0.158. The normalized spacial score (nSPS) is 13.1. The van der Waals surface area contributed by atoms with Gasteiger partial charge in [0.1, 0.15) is 0 Å². The Bertz CT molecular complexity index is 3010. The van der Waals surface area contributed by atoms with Gasteiger partial charge in [-0.15, -0.1) is 0 Å². The summed E-state index contributed by atoms with van der Waals surface area (Å²) >= 11 is 3.78. The van der Waals surface area contributed by atoms with Gasteiger partial charge in [-0.25, -0.2) is 0 Å². The molecule has 2 aromatic heterocycles. The first kappa shape index (κ1) is 31.1. The molecule has 0 fully saturated rings. The Labute approximate surface area is 321 Å². The van der Waals surface area contributed by atoms with Crippen molar-refractivity contribution >= 4 is 76.3 Å². The number of pyridine rings is 1. The molecule has 0 amide bonds. The van der Waals surface area contributed by atoms with Gasteiger partial charge in [0, 0.05) is 50.4 Å². The molecular weight excluding hydrogens is 722 g/mol. The van der Waals surface area contributed by atoms with Crippen LogP contribution in [0.1, 0.15) is 22.3 Å². The Morgan fingerprint density at radius 2 is 1.09 bits per heavy atom. The molecule has 0 bridgehead atoms. The lowest BCUT2D eigenvalue weighted by atomic mass is 9.67. The average Bonchev–Trinajstić information content (AvgIpc) is 3.72. The highest BCUT2D eigenvalue weighted by atomic mass is 79.9. The molecule has 8 aromatic carbocycles. The van der Waals surface area contributed by atoms with Crippen LogP contribution in [0, 0.1) is 0 Å². The summed E-state index contributed by atoms with van der Waals surface area (Å²) in [5.74, 6) is 0. The van der Waals surface area contributed by atoms with Gasteiger partial charge < -0.3 is 9.47 Å². The third-order valence-corrected chi connectivity index (χ3v) is 11.8. The van der Waals surface area contributed by atoms with Crippen LogP contribution in [0.2, 0.25) is 0 Å². The fourth-order valence-electron chi connectivity index (χ4n) is 9.19. The fraction of sp³-hybridized carbons (Fsp3) is 0.0200. The molecule has 4 heteroatoms. The highest BCUT2D eigenvalue weighted by Gasteiger charge is 2.45. The van der Waals surface area contributed by atoms with Crippen LogP contribution in [0.3, 0.4) is 0 Å². The summed E-state index contributed by atoms with van der Waals surface area (Å²) in [4.78, 5) is 6.83. The third kappa shape index (κ3) is 4.44. The summed E-state index contributed by atoms with van der Waals surface area (Å²) in [5.41, 5.74) is 11.3. The van der Waals surface area contributed by atoms with Crippen LogP contribution < -0.4 is 4.90 Å². The Balaban J connectivity index is 1.22. The second-order valence-corrected chi connectivity index (χ2v) is 15.0. The number of nitrogens with zero attached hydrogens (tertiary/aromatic N) is 3. The summed E-state index contributed by atoms with van der Waals surface area (Å²) in [6, 6.07) is 66.7. The highest BCUT2D eigenvalue weighted by molar-refractivity contribution is 9.10. The summed E-state index contributed by atoms with van der Waals surface area (Å²) in [5, 5.41) is 7.53. The second kappa shape index (κ2) is 12.0. The monoisotopic (exact) mass is 753 g/mol. The van der Waals surface area contributed by atoms with E-state index in [0.717, 1.165) is 32.7 Å². The lowest BCUT2D eigenvalue weighted by Crippen LogP contribution is -2.29. The van der Waals surface area contributed by atoms with Crippen molar-refractivity contribution in [2.24, 2.45) is 0 Å². The predicted octanol–water partition coefficient (Wildman–Crippen LogP) is 13.4. The van der Waals surface area contributed by atoms with Crippen molar-refractivity contribution < 1.29 is 0 Å². The molecule has 10 aromatic rings. The van der Waals surface area contributed by atoms with E-state index >= 15 is 0 Å². The van der Waals surface area contributed by atoms with Gasteiger partial charge in [0.15, 0.2) is 0 Å². The van der Waals surface area contributed by atoms with Crippen molar-refractivity contribution in [3.63, 3.8) is 0 Å². The van der Waals surface area contributed by atoms with E-state index in [-0.39, 0.29) is 0 Å². The molecule has 54 heavy (non-hydrogen) atoms. The van der Waals surface area contributed by atoms with Crippen molar-refractivity contribution in [3.8, 4) is 5.69 Å². The van der Waals surface area contributed by atoms with Gasteiger partial charge in [-0.2, -0.15) is 0 Å². The van der Waals surface area contributed by atoms with Crippen LogP contribution in [0.25, 0.3) is 49.0 Å². The van der Waals surface area contributed by atoms with Gasteiger partial charge in [0.05, 0.1) is 16.4 Å². The zero-order valence-corrected chi connectivity index (χ0v) is 30.8. The van der Waals surface area contributed by atoms with Gasteiger partial charge in [-0.05, 0) is 117 Å². The number of halogens is 1. The number of hydrogen-bond donors (Lipinski definition) is 0. The minimum Gasteiger partial charge on any atom is -0.310 e. The largest absolute Gasteiger partial charge is 0.310 e. The molecule has 0 radical (unpaired) electrons. The molecule has 1 aliphatic rings. The van der Waals surface area contributed by atoms with Crippen LogP contribution in [0.15, 0.2) is 199 Å². The number of benzene rings is 8. The zero-order chi connectivity index (χ0) is 35.8. The topological polar surface area (TPSA) is 21.1 Å². The van der Waals surface area contributed by atoms with E-state index in [1.165, 1.54) is 60.1 Å². The summed E-state index contributed by atoms with van der Waals surface area (Å²) < 4.78 is 3.42. The van der Waals surface area contributed by atoms with Crippen molar-refractivity contribution in [2.75, 3.05) is 4.90 Å². The minimum atomic E-state index is -0.511. The summed E-state index contributed by atoms with van der Waals surface area (Å²) in [7, 11) is 0. The molecule has 1 aliphatic carbocycles. The molecule has 0 spiro atoms. The van der Waals surface area contributed by atoms with Crippen molar-refractivity contribution in [1.29, 1.82) is 0 Å². The lowest BCUT2D eigenvalue weighted by molar-refractivity contribution is 0.771. The van der Waals surface area contributed by atoms with Crippen LogP contribution >= 0.6 is 15.9 Å². The fourth-order valence-corrected chi connectivity index (χ4v) is 9.55. The first-order chi connectivity index (χ1) is 26.7. The maximum atomic E-state index is 4.44. The van der Waals surface area contributed by atoms with Crippen LogP contribution in [0.5, 0.6) is 0 Å². The highest BCUT2D eigenvalue weighted by Crippen LogP contribution is 2.57. The molecule has 0 atom stereocenters. The van der Waals surface area contributed by atoms with E-state index < -0.39 is 5.41 Å². The zero-order valence-electron chi connectivity index (χ0n) is 29.2. The lowest BCUT2D eigenvalue weighted by Gasteiger charge is -2.35. The maximum absolute atomic E-state index is 4.44. The minimum absolute atomic E-state index is 0.511. The molecule has 11 rings (SSSR count). The van der Waals surface area contributed by atoms with Gasteiger partial charge in [-0.1, -0.05) is 125 Å². The average molecular weight is 755 g/mol. The molecule has 0 saturated heterocycles. The number of hydrogen-bond acceptors (Lipinski definition) is 2. The number of para-hydroxylation sites is 1. The Morgan fingerprint density at radius 3 is 1.81 bits per heavy atom. The molecule has 3 nitrogen and oxygen atoms in total. The number of anilines is 3. The first-order valence-electron chi connectivity index (χ1n) is 18.3. The van der Waals surface area contributed by atoms with Crippen molar-refractivity contribution in [3.05, 3.63) is 221 Å². The molecule has 254 valence electrons. The van der Waals surface area contributed by atoms with E-state index in [4.69, 9.17) is 0 Å². The number of aromatic nitrogens is 2. The summed E-state index contributed by atoms with van der Waals surface area (Å²) in [6.45, 7) is 0. The van der Waals surface area contributed by atoms with Gasteiger partial charge >= 0.3 is 0 Å².